The number of fused-ring (bicyclic) bond motifs is 9. The SMILES string of the molecule is CC1C=CC=C2C(c3cccc4c3oc3ccc5c6ccccc6oc5c34)=c3ccccc3=C(c3cccc(-c4ccccc4)c3)C21. The monoisotopic (exact) mass is 602 g/mol. The molecule has 2 aromatic heterocycles. The van der Waals surface area contributed by atoms with Gasteiger partial charge in [-0.2, -0.15) is 0 Å². The first-order valence-corrected chi connectivity index (χ1v) is 16.4. The van der Waals surface area contributed by atoms with E-state index in [-0.39, 0.29) is 5.92 Å². The van der Waals surface area contributed by atoms with Gasteiger partial charge in [-0.15, -0.1) is 0 Å². The molecule has 0 bridgehead atoms. The normalized spacial score (nSPS) is 17.4. The van der Waals surface area contributed by atoms with Gasteiger partial charge in [-0.3, -0.25) is 0 Å². The van der Waals surface area contributed by atoms with Gasteiger partial charge in [0.1, 0.15) is 22.3 Å². The molecule has 6 aromatic carbocycles. The summed E-state index contributed by atoms with van der Waals surface area (Å²) in [6.45, 7) is 2.35. The van der Waals surface area contributed by atoms with Gasteiger partial charge in [-0.05, 0) is 74.0 Å². The largest absolute Gasteiger partial charge is 0.455 e. The second kappa shape index (κ2) is 10.1. The van der Waals surface area contributed by atoms with Crippen LogP contribution in [-0.4, -0.2) is 0 Å². The molecule has 2 heterocycles. The van der Waals surface area contributed by atoms with Crippen LogP contribution in [0.2, 0.25) is 0 Å². The highest BCUT2D eigenvalue weighted by Gasteiger charge is 2.34. The Balaban J connectivity index is 1.30. The predicted molar refractivity (Wildman–Crippen MR) is 193 cm³/mol. The molecule has 0 aliphatic heterocycles. The predicted octanol–water partition coefficient (Wildman–Crippen LogP) is 10.3. The fraction of sp³-hybridized carbons (Fsp3) is 0.0667. The van der Waals surface area contributed by atoms with Crippen LogP contribution >= 0.6 is 0 Å². The van der Waals surface area contributed by atoms with Crippen molar-refractivity contribution < 1.29 is 8.83 Å². The second-order valence-corrected chi connectivity index (χ2v) is 12.8. The zero-order chi connectivity index (χ0) is 31.1. The van der Waals surface area contributed by atoms with Gasteiger partial charge in [0.05, 0.1) is 5.39 Å². The number of rotatable bonds is 3. The molecular weight excluding hydrogens is 572 g/mol. The van der Waals surface area contributed by atoms with E-state index in [0.717, 1.165) is 49.4 Å². The van der Waals surface area contributed by atoms with E-state index >= 15 is 0 Å². The molecule has 8 aromatic rings. The maximum absolute atomic E-state index is 6.81. The fourth-order valence-electron chi connectivity index (χ4n) is 8.14. The van der Waals surface area contributed by atoms with E-state index in [1.54, 1.807) is 0 Å². The van der Waals surface area contributed by atoms with Crippen LogP contribution in [0.25, 0.3) is 66.2 Å². The molecule has 2 unspecified atom stereocenters. The van der Waals surface area contributed by atoms with Gasteiger partial charge in [-0.25, -0.2) is 0 Å². The van der Waals surface area contributed by atoms with Crippen molar-refractivity contribution in [2.45, 2.75) is 6.92 Å². The summed E-state index contributed by atoms with van der Waals surface area (Å²) < 4.78 is 13.3. The summed E-state index contributed by atoms with van der Waals surface area (Å²) >= 11 is 0. The molecule has 2 heteroatoms. The van der Waals surface area contributed by atoms with Crippen LogP contribution in [-0.2, 0) is 0 Å². The Morgan fingerprint density at radius 3 is 2.17 bits per heavy atom. The molecule has 222 valence electrons. The van der Waals surface area contributed by atoms with E-state index in [1.807, 2.05) is 12.1 Å². The lowest BCUT2D eigenvalue weighted by Gasteiger charge is -2.35. The third-order valence-corrected chi connectivity index (χ3v) is 10.2. The smallest absolute Gasteiger partial charge is 0.147 e. The Morgan fingerprint density at radius 2 is 1.26 bits per heavy atom. The highest BCUT2D eigenvalue weighted by atomic mass is 16.3. The molecule has 0 saturated heterocycles. The lowest BCUT2D eigenvalue weighted by molar-refractivity contribution is 0.597. The van der Waals surface area contributed by atoms with Gasteiger partial charge < -0.3 is 8.83 Å². The molecular formula is C45H30O2. The molecule has 2 nitrogen and oxygen atoms in total. The zero-order valence-electron chi connectivity index (χ0n) is 25.9. The molecule has 0 spiro atoms. The number of allylic oxidation sites excluding steroid dienone is 4. The standard InChI is InChI=1S/C45H30O2/c1-27-12-9-20-35-40(27)41(30-16-10-15-29(26-30)28-13-3-2-4-14-28)32-18-5-6-19-33(32)42(35)36-21-11-22-37-43-39(47-44(36)37)25-24-34-31-17-7-8-23-38(31)46-45(34)43/h2-27,40H,1H3. The van der Waals surface area contributed by atoms with Gasteiger partial charge in [0, 0.05) is 27.6 Å². The summed E-state index contributed by atoms with van der Waals surface area (Å²) in [6.07, 6.45) is 6.91. The van der Waals surface area contributed by atoms with Gasteiger partial charge in [-0.1, -0.05) is 134 Å². The molecule has 2 aliphatic rings. The van der Waals surface area contributed by atoms with Crippen LogP contribution in [0.1, 0.15) is 18.1 Å². The number of para-hydroxylation sites is 2. The van der Waals surface area contributed by atoms with Gasteiger partial charge in [0.25, 0.3) is 0 Å². The number of benzene rings is 6. The van der Waals surface area contributed by atoms with Crippen molar-refractivity contribution in [3.63, 3.8) is 0 Å². The lowest BCUT2D eigenvalue weighted by Crippen LogP contribution is -2.39. The van der Waals surface area contributed by atoms with Crippen molar-refractivity contribution in [1.29, 1.82) is 0 Å². The Hall–Kier alpha value is -5.86. The van der Waals surface area contributed by atoms with E-state index in [1.165, 1.54) is 43.8 Å². The molecule has 0 fully saturated rings. The van der Waals surface area contributed by atoms with E-state index < -0.39 is 0 Å². The van der Waals surface area contributed by atoms with Crippen LogP contribution < -0.4 is 10.4 Å². The Bertz CT molecular complexity index is 2750. The highest BCUT2D eigenvalue weighted by Crippen LogP contribution is 2.46. The molecule has 0 amide bonds. The highest BCUT2D eigenvalue weighted by molar-refractivity contribution is 6.23. The number of hydrogen-bond acceptors (Lipinski definition) is 2. The summed E-state index contributed by atoms with van der Waals surface area (Å²) in [7, 11) is 0. The minimum atomic E-state index is 0.192. The van der Waals surface area contributed by atoms with Gasteiger partial charge in [0.15, 0.2) is 0 Å². The van der Waals surface area contributed by atoms with E-state index in [0.29, 0.717) is 5.92 Å². The minimum Gasteiger partial charge on any atom is -0.455 e. The molecule has 0 radical (unpaired) electrons. The maximum atomic E-state index is 6.81. The van der Waals surface area contributed by atoms with Crippen molar-refractivity contribution in [2.24, 2.45) is 11.8 Å². The molecule has 0 N–H and O–H groups in total. The van der Waals surface area contributed by atoms with Crippen molar-refractivity contribution in [2.75, 3.05) is 0 Å². The third-order valence-electron chi connectivity index (χ3n) is 10.2. The van der Waals surface area contributed by atoms with Crippen molar-refractivity contribution in [3.8, 4) is 11.1 Å². The Labute approximate surface area is 271 Å². The van der Waals surface area contributed by atoms with Crippen LogP contribution in [0.3, 0.4) is 0 Å². The summed E-state index contributed by atoms with van der Waals surface area (Å²) in [6, 6.07) is 47.7. The summed E-state index contributed by atoms with van der Waals surface area (Å²) in [5.74, 6) is 0.511. The summed E-state index contributed by atoms with van der Waals surface area (Å²) in [4.78, 5) is 0. The molecule has 2 atom stereocenters. The first-order chi connectivity index (χ1) is 23.2. The zero-order valence-corrected chi connectivity index (χ0v) is 25.9. The van der Waals surface area contributed by atoms with Gasteiger partial charge >= 0.3 is 0 Å². The first-order valence-electron chi connectivity index (χ1n) is 16.4. The lowest BCUT2D eigenvalue weighted by atomic mass is 9.68. The number of furan rings is 2. The molecule has 47 heavy (non-hydrogen) atoms. The van der Waals surface area contributed by atoms with Crippen molar-refractivity contribution >= 4 is 55.0 Å². The topological polar surface area (TPSA) is 26.3 Å². The second-order valence-electron chi connectivity index (χ2n) is 12.8. The third kappa shape index (κ3) is 3.85. The quantitative estimate of drug-likeness (QED) is 0.201. The van der Waals surface area contributed by atoms with Gasteiger partial charge in [0.2, 0.25) is 0 Å². The van der Waals surface area contributed by atoms with Crippen LogP contribution in [0.4, 0.5) is 0 Å². The Kier molecular flexibility index (Phi) is 5.65. The Morgan fingerprint density at radius 1 is 0.532 bits per heavy atom. The van der Waals surface area contributed by atoms with E-state index in [4.69, 9.17) is 8.83 Å². The maximum Gasteiger partial charge on any atom is 0.147 e. The average molecular weight is 603 g/mol. The van der Waals surface area contributed by atoms with E-state index in [9.17, 15) is 0 Å². The summed E-state index contributed by atoms with van der Waals surface area (Å²) in [5.41, 5.74) is 12.3. The van der Waals surface area contributed by atoms with Crippen LogP contribution in [0.15, 0.2) is 166 Å². The number of hydrogen-bond donors (Lipinski definition) is 0. The van der Waals surface area contributed by atoms with Crippen molar-refractivity contribution in [1.82, 2.24) is 0 Å². The fourth-order valence-corrected chi connectivity index (χ4v) is 8.14. The molecule has 0 saturated carbocycles. The average Bonchev–Trinajstić information content (AvgIpc) is 3.70. The van der Waals surface area contributed by atoms with Crippen molar-refractivity contribution in [3.05, 3.63) is 179 Å². The summed E-state index contributed by atoms with van der Waals surface area (Å²) in [5, 5.41) is 6.87. The minimum absolute atomic E-state index is 0.192. The van der Waals surface area contributed by atoms with E-state index in [2.05, 4.69) is 146 Å². The van der Waals surface area contributed by atoms with Crippen LogP contribution in [0, 0.1) is 11.8 Å². The molecule has 10 rings (SSSR count). The molecule has 2 aliphatic carbocycles. The van der Waals surface area contributed by atoms with Crippen LogP contribution in [0.5, 0.6) is 0 Å². The first kappa shape index (κ1) is 26.4.